The smallest absolute Gasteiger partial charge is 0.240 e. The van der Waals surface area contributed by atoms with Gasteiger partial charge in [-0.3, -0.25) is 9.59 Å². The van der Waals surface area contributed by atoms with Crippen LogP contribution in [0.25, 0.3) is 0 Å². The first kappa shape index (κ1) is 14.0. The number of piperidine rings is 1. The maximum absolute atomic E-state index is 12.9. The van der Waals surface area contributed by atoms with E-state index in [0.29, 0.717) is 6.67 Å². The number of quaternary nitrogens is 1. The summed E-state index contributed by atoms with van der Waals surface area (Å²) in [5, 5.41) is 0. The van der Waals surface area contributed by atoms with Crippen LogP contribution in [0.5, 0.6) is 0 Å². The van der Waals surface area contributed by atoms with Gasteiger partial charge >= 0.3 is 0 Å². The number of hydrogen-bond donors (Lipinski definition) is 1. The average molecular weight is 281 g/mol. The lowest BCUT2D eigenvalue weighted by molar-refractivity contribution is -0.915. The summed E-state index contributed by atoms with van der Waals surface area (Å²) in [5.74, 6) is 0.0971. The van der Waals surface area contributed by atoms with Crippen molar-refractivity contribution in [2.24, 2.45) is 16.7 Å². The quantitative estimate of drug-likeness (QED) is 0.705. The molecular weight excluding hydrogens is 256 g/mol. The fourth-order valence-corrected chi connectivity index (χ4v) is 4.09. The highest BCUT2D eigenvalue weighted by molar-refractivity contribution is 6.03. The topological polar surface area (TPSA) is 51.1 Å². The summed E-state index contributed by atoms with van der Waals surface area (Å²) in [6, 6.07) is 0. The number of ether oxygens (including phenoxy) is 1. The molecule has 0 aromatic carbocycles. The third kappa shape index (κ3) is 1.76. The minimum absolute atomic E-state index is 0.00522. The lowest BCUT2D eigenvalue weighted by Crippen LogP contribution is -3.15. The maximum Gasteiger partial charge on any atom is 0.240 e. The molecule has 2 amide bonds. The van der Waals surface area contributed by atoms with Gasteiger partial charge < -0.3 is 9.64 Å². The Morgan fingerprint density at radius 3 is 2.55 bits per heavy atom. The Labute approximate surface area is 120 Å². The summed E-state index contributed by atoms with van der Waals surface area (Å²) >= 11 is 0. The fraction of sp³-hybridized carbons (Fsp3) is 0.867. The van der Waals surface area contributed by atoms with Crippen molar-refractivity contribution in [1.29, 1.82) is 0 Å². The normalized spacial score (nSPS) is 37.5. The second-order valence-corrected chi connectivity index (χ2v) is 7.24. The van der Waals surface area contributed by atoms with Crippen LogP contribution in [0.1, 0.15) is 33.6 Å². The van der Waals surface area contributed by atoms with Gasteiger partial charge in [-0.15, -0.1) is 0 Å². The van der Waals surface area contributed by atoms with Gasteiger partial charge in [0.15, 0.2) is 6.67 Å². The zero-order chi connectivity index (χ0) is 14.5. The summed E-state index contributed by atoms with van der Waals surface area (Å²) in [6.07, 6.45) is 1.69. The Kier molecular flexibility index (Phi) is 3.18. The molecule has 1 saturated carbocycles. The van der Waals surface area contributed by atoms with Crippen LogP contribution in [-0.4, -0.2) is 49.7 Å². The van der Waals surface area contributed by atoms with Crippen LogP contribution < -0.4 is 4.90 Å². The number of hydrogen-bond acceptors (Lipinski definition) is 3. The van der Waals surface area contributed by atoms with Crippen molar-refractivity contribution in [3.05, 3.63) is 0 Å². The van der Waals surface area contributed by atoms with E-state index >= 15 is 0 Å². The number of imide groups is 1. The molecule has 3 aliphatic rings. The van der Waals surface area contributed by atoms with Crippen molar-refractivity contribution in [1.82, 2.24) is 4.90 Å². The van der Waals surface area contributed by atoms with Crippen LogP contribution in [0, 0.1) is 16.7 Å². The summed E-state index contributed by atoms with van der Waals surface area (Å²) in [5.41, 5.74) is -0.588. The standard InChI is InChI=1S/C15H24N2O3/c1-14(2)11-4-5-15(14,3)13(19)17(12(11)18)10-16-6-8-20-9-7-16/h11H,4-10H2,1-3H3/p+1/t11-,15-/m0/s1. The highest BCUT2D eigenvalue weighted by Crippen LogP contribution is 2.59. The third-order valence-corrected chi connectivity index (χ3v) is 6.09. The van der Waals surface area contributed by atoms with Crippen LogP contribution >= 0.6 is 0 Å². The Balaban J connectivity index is 1.83. The number of rotatable bonds is 2. The number of likely N-dealkylation sites (tertiary alicyclic amines) is 1. The van der Waals surface area contributed by atoms with Crippen molar-refractivity contribution in [2.45, 2.75) is 33.6 Å². The highest BCUT2D eigenvalue weighted by Gasteiger charge is 2.64. The van der Waals surface area contributed by atoms with Crippen molar-refractivity contribution in [3.8, 4) is 0 Å². The van der Waals surface area contributed by atoms with E-state index < -0.39 is 0 Å². The minimum atomic E-state index is -0.378. The molecule has 1 aliphatic carbocycles. The van der Waals surface area contributed by atoms with Gasteiger partial charge in [0.25, 0.3) is 0 Å². The Hall–Kier alpha value is -0.940. The molecule has 0 unspecified atom stereocenters. The van der Waals surface area contributed by atoms with Gasteiger partial charge in [-0.25, -0.2) is 4.90 Å². The van der Waals surface area contributed by atoms with E-state index in [1.807, 2.05) is 6.92 Å². The van der Waals surface area contributed by atoms with Gasteiger partial charge in [0.2, 0.25) is 11.8 Å². The first-order valence-corrected chi connectivity index (χ1v) is 7.65. The van der Waals surface area contributed by atoms with E-state index in [1.54, 1.807) is 4.90 Å². The molecule has 2 aliphatic heterocycles. The van der Waals surface area contributed by atoms with E-state index in [9.17, 15) is 9.59 Å². The first-order valence-electron chi connectivity index (χ1n) is 7.65. The molecule has 2 saturated heterocycles. The third-order valence-electron chi connectivity index (χ3n) is 6.09. The molecule has 2 bridgehead atoms. The highest BCUT2D eigenvalue weighted by atomic mass is 16.5. The van der Waals surface area contributed by atoms with Gasteiger partial charge in [0, 0.05) is 5.92 Å². The fourth-order valence-electron chi connectivity index (χ4n) is 4.09. The molecule has 1 N–H and O–H groups in total. The van der Waals surface area contributed by atoms with Crippen molar-refractivity contribution >= 4 is 11.8 Å². The molecular formula is C15H25N2O3+. The van der Waals surface area contributed by atoms with Gasteiger partial charge in [-0.05, 0) is 18.3 Å². The van der Waals surface area contributed by atoms with Crippen LogP contribution in [-0.2, 0) is 14.3 Å². The van der Waals surface area contributed by atoms with Gasteiger partial charge in [0.1, 0.15) is 13.1 Å². The summed E-state index contributed by atoms with van der Waals surface area (Å²) in [4.78, 5) is 28.4. The first-order chi connectivity index (χ1) is 9.38. The number of carbonyl (C=O) groups is 2. The van der Waals surface area contributed by atoms with Gasteiger partial charge in [0.05, 0.1) is 18.6 Å². The van der Waals surface area contributed by atoms with Crippen LogP contribution in [0.4, 0.5) is 0 Å². The van der Waals surface area contributed by atoms with E-state index in [2.05, 4.69) is 13.8 Å². The Morgan fingerprint density at radius 1 is 1.25 bits per heavy atom. The number of morpholine rings is 1. The zero-order valence-electron chi connectivity index (χ0n) is 12.7. The van der Waals surface area contributed by atoms with Gasteiger partial charge in [-0.2, -0.15) is 0 Å². The van der Waals surface area contributed by atoms with Crippen molar-refractivity contribution < 1.29 is 19.2 Å². The van der Waals surface area contributed by atoms with Gasteiger partial charge in [-0.1, -0.05) is 20.8 Å². The number of carbonyl (C=O) groups excluding carboxylic acids is 2. The van der Waals surface area contributed by atoms with Crippen LogP contribution in [0.3, 0.4) is 0 Å². The Morgan fingerprint density at radius 2 is 1.90 bits per heavy atom. The molecule has 5 heteroatoms. The average Bonchev–Trinajstić information content (AvgIpc) is 2.61. The predicted molar refractivity (Wildman–Crippen MR) is 72.8 cm³/mol. The number of amides is 2. The number of nitrogens with one attached hydrogen (secondary N) is 1. The molecule has 20 heavy (non-hydrogen) atoms. The maximum atomic E-state index is 12.9. The van der Waals surface area contributed by atoms with E-state index in [4.69, 9.17) is 4.74 Å². The molecule has 0 radical (unpaired) electrons. The number of fused-ring (bicyclic) bond motifs is 2. The summed E-state index contributed by atoms with van der Waals surface area (Å²) in [6.45, 7) is 9.92. The van der Waals surface area contributed by atoms with Crippen molar-refractivity contribution in [3.63, 3.8) is 0 Å². The molecule has 3 fully saturated rings. The molecule has 0 spiro atoms. The SMILES string of the molecule is CC1(C)[C@H]2CC[C@@]1(C)C(=O)N(C[NH+]1CCOCC1)C2=O. The predicted octanol–water partition coefficient (Wildman–Crippen LogP) is -0.330. The number of nitrogens with zero attached hydrogens (tertiary/aromatic N) is 1. The summed E-state index contributed by atoms with van der Waals surface area (Å²) in [7, 11) is 0. The molecule has 0 aromatic heterocycles. The lowest BCUT2D eigenvalue weighted by Gasteiger charge is -2.47. The monoisotopic (exact) mass is 281 g/mol. The molecule has 5 nitrogen and oxygen atoms in total. The van der Waals surface area contributed by atoms with Crippen LogP contribution in [0.2, 0.25) is 0 Å². The van der Waals surface area contributed by atoms with E-state index in [-0.39, 0.29) is 28.6 Å². The lowest BCUT2D eigenvalue weighted by atomic mass is 9.62. The second-order valence-electron chi connectivity index (χ2n) is 7.24. The zero-order valence-corrected chi connectivity index (χ0v) is 12.7. The molecule has 2 atom stereocenters. The Bertz CT molecular complexity index is 442. The molecule has 2 heterocycles. The molecule has 112 valence electrons. The largest absolute Gasteiger partial charge is 0.370 e. The summed E-state index contributed by atoms with van der Waals surface area (Å²) < 4.78 is 5.34. The molecule has 0 aromatic rings. The molecule has 3 rings (SSSR count). The van der Waals surface area contributed by atoms with E-state index in [1.165, 1.54) is 4.90 Å². The van der Waals surface area contributed by atoms with Crippen LogP contribution in [0.15, 0.2) is 0 Å². The second kappa shape index (κ2) is 4.53. The minimum Gasteiger partial charge on any atom is -0.370 e. The van der Waals surface area contributed by atoms with E-state index in [0.717, 1.165) is 39.1 Å². The van der Waals surface area contributed by atoms with Crippen molar-refractivity contribution in [2.75, 3.05) is 33.0 Å².